The third kappa shape index (κ3) is 5.34. The summed E-state index contributed by atoms with van der Waals surface area (Å²) in [5.41, 5.74) is 2.49. The van der Waals surface area contributed by atoms with E-state index in [1.807, 2.05) is 43.3 Å². The number of hydrogen-bond donors (Lipinski definition) is 1. The van der Waals surface area contributed by atoms with Crippen molar-refractivity contribution in [1.29, 1.82) is 0 Å². The first-order valence-corrected chi connectivity index (χ1v) is 11.6. The molecule has 2 amide bonds. The summed E-state index contributed by atoms with van der Waals surface area (Å²) in [5, 5.41) is 7.92. The van der Waals surface area contributed by atoms with Crippen LogP contribution in [0.3, 0.4) is 0 Å². The molecule has 1 aliphatic heterocycles. The smallest absolute Gasteiger partial charge is 0.272 e. The number of carbonyl (C=O) groups is 2. The number of hydrogen-bond acceptors (Lipinski definition) is 5. The monoisotopic (exact) mass is 482 g/mol. The van der Waals surface area contributed by atoms with Crippen LogP contribution in [0.2, 0.25) is 5.02 Å². The lowest BCUT2D eigenvalue weighted by molar-refractivity contribution is 0.0745. The van der Waals surface area contributed by atoms with E-state index in [1.165, 1.54) is 0 Å². The largest absolute Gasteiger partial charge is 0.493 e. The maximum absolute atomic E-state index is 13.2. The maximum Gasteiger partial charge on any atom is 0.272 e. The predicted molar refractivity (Wildman–Crippen MR) is 128 cm³/mol. The topological polar surface area (TPSA) is 85.7 Å². The van der Waals surface area contributed by atoms with Crippen molar-refractivity contribution < 1.29 is 19.1 Å². The molecule has 0 aliphatic carbocycles. The lowest BCUT2D eigenvalue weighted by Gasteiger charge is -2.20. The molecule has 3 aromatic rings. The second-order valence-electron chi connectivity index (χ2n) is 7.95. The number of rotatable bonds is 8. The van der Waals surface area contributed by atoms with Crippen LogP contribution in [0.5, 0.6) is 11.5 Å². The normalized spacial score (nSPS) is 13.3. The fourth-order valence-electron chi connectivity index (χ4n) is 3.88. The summed E-state index contributed by atoms with van der Waals surface area (Å²) in [6, 6.07) is 14.5. The van der Waals surface area contributed by atoms with Crippen molar-refractivity contribution in [1.82, 2.24) is 20.0 Å². The Hall–Kier alpha value is -3.52. The Morgan fingerprint density at radius 3 is 2.59 bits per heavy atom. The molecule has 0 fully saturated rings. The number of carbonyl (C=O) groups excluding carboxylic acids is 2. The zero-order valence-electron chi connectivity index (χ0n) is 19.2. The van der Waals surface area contributed by atoms with Crippen LogP contribution in [0.25, 0.3) is 0 Å². The summed E-state index contributed by atoms with van der Waals surface area (Å²) in [5.74, 6) is 0.773. The molecule has 178 valence electrons. The molecule has 1 N–H and O–H groups in total. The minimum atomic E-state index is -0.341. The zero-order valence-corrected chi connectivity index (χ0v) is 20.0. The first kappa shape index (κ1) is 23.6. The average Bonchev–Trinajstić information content (AvgIpc) is 3.21. The summed E-state index contributed by atoms with van der Waals surface area (Å²) in [6.45, 7) is 4.36. The summed E-state index contributed by atoms with van der Waals surface area (Å²) in [7, 11) is 1.58. The number of fused-ring (bicyclic) bond motifs is 1. The Morgan fingerprint density at radius 2 is 1.85 bits per heavy atom. The molecule has 0 radical (unpaired) electrons. The molecule has 0 saturated carbocycles. The molecular formula is C25H27ClN4O4. The van der Waals surface area contributed by atoms with Gasteiger partial charge in [-0.05, 0) is 48.7 Å². The molecule has 2 aromatic carbocycles. The third-order valence-corrected chi connectivity index (χ3v) is 5.84. The number of aryl methyl sites for hydroxylation is 1. The number of nitrogens with zero attached hydrogens (tertiary/aromatic N) is 3. The Labute approximate surface area is 203 Å². The van der Waals surface area contributed by atoms with Crippen molar-refractivity contribution in [2.24, 2.45) is 0 Å². The molecular weight excluding hydrogens is 456 g/mol. The van der Waals surface area contributed by atoms with E-state index < -0.39 is 0 Å². The van der Waals surface area contributed by atoms with Gasteiger partial charge in [-0.1, -0.05) is 29.8 Å². The molecule has 8 nitrogen and oxygen atoms in total. The Balaban J connectivity index is 1.44. The molecule has 0 bridgehead atoms. The van der Waals surface area contributed by atoms with Crippen molar-refractivity contribution >= 4 is 23.4 Å². The van der Waals surface area contributed by atoms with Crippen LogP contribution < -0.4 is 14.8 Å². The first-order valence-electron chi connectivity index (χ1n) is 11.2. The van der Waals surface area contributed by atoms with E-state index in [1.54, 1.807) is 28.8 Å². The van der Waals surface area contributed by atoms with Crippen LogP contribution >= 0.6 is 11.6 Å². The zero-order chi connectivity index (χ0) is 24.1. The quantitative estimate of drug-likeness (QED) is 0.526. The number of halogens is 1. The van der Waals surface area contributed by atoms with Crippen LogP contribution in [0.4, 0.5) is 0 Å². The summed E-state index contributed by atoms with van der Waals surface area (Å²) in [6.07, 6.45) is 0.751. The lowest BCUT2D eigenvalue weighted by Crippen LogP contribution is -2.30. The van der Waals surface area contributed by atoms with E-state index in [0.717, 1.165) is 17.5 Å². The predicted octanol–water partition coefficient (Wildman–Crippen LogP) is 3.92. The van der Waals surface area contributed by atoms with Crippen molar-refractivity contribution in [3.05, 3.63) is 76.1 Å². The molecule has 9 heteroatoms. The molecule has 34 heavy (non-hydrogen) atoms. The minimum Gasteiger partial charge on any atom is -0.493 e. The highest BCUT2D eigenvalue weighted by molar-refractivity contribution is 6.30. The van der Waals surface area contributed by atoms with Gasteiger partial charge < -0.3 is 19.7 Å². The molecule has 1 aliphatic rings. The van der Waals surface area contributed by atoms with Crippen molar-refractivity contribution in [3.63, 3.8) is 0 Å². The number of ether oxygens (including phenoxy) is 2. The standard InChI is InChI=1S/C25H27ClN4O4/c1-3-34-23-13-18(7-10-22(23)33-2)15-27-24(31)20-14-21-25(32)29(11-4-12-30(21)28-20)16-17-5-8-19(26)9-6-17/h5-10,13-14H,3-4,11-12,15-16H2,1-2H3,(H,27,31). The molecule has 0 spiro atoms. The number of aromatic nitrogens is 2. The van der Waals surface area contributed by atoms with Crippen LogP contribution in [-0.2, 0) is 19.6 Å². The SMILES string of the molecule is CCOc1cc(CNC(=O)c2cc3n(n2)CCCN(Cc2ccc(Cl)cc2)C3=O)ccc1OC. The maximum atomic E-state index is 13.2. The second kappa shape index (κ2) is 10.6. The highest BCUT2D eigenvalue weighted by Gasteiger charge is 2.26. The van der Waals surface area contributed by atoms with Gasteiger partial charge in [-0.15, -0.1) is 0 Å². The highest BCUT2D eigenvalue weighted by Crippen LogP contribution is 2.28. The molecule has 4 rings (SSSR count). The molecule has 0 unspecified atom stereocenters. The van der Waals surface area contributed by atoms with Crippen LogP contribution in [0.1, 0.15) is 45.4 Å². The molecule has 1 aromatic heterocycles. The first-order chi connectivity index (χ1) is 16.5. The van der Waals surface area contributed by atoms with Crippen molar-refractivity contribution in [2.75, 3.05) is 20.3 Å². The van der Waals surface area contributed by atoms with E-state index in [9.17, 15) is 9.59 Å². The van der Waals surface area contributed by atoms with Gasteiger partial charge in [-0.25, -0.2) is 0 Å². The Morgan fingerprint density at radius 1 is 1.09 bits per heavy atom. The highest BCUT2D eigenvalue weighted by atomic mass is 35.5. The van der Waals surface area contributed by atoms with Gasteiger partial charge in [-0.2, -0.15) is 5.10 Å². The number of amides is 2. The summed E-state index contributed by atoms with van der Waals surface area (Å²) >= 11 is 5.97. The fourth-order valence-corrected chi connectivity index (χ4v) is 4.00. The van der Waals surface area contributed by atoms with Crippen molar-refractivity contribution in [2.45, 2.75) is 33.0 Å². The van der Waals surface area contributed by atoms with E-state index in [2.05, 4.69) is 10.4 Å². The van der Waals surface area contributed by atoms with Gasteiger partial charge in [0.2, 0.25) is 0 Å². The number of benzene rings is 2. The van der Waals surface area contributed by atoms with Gasteiger partial charge in [0, 0.05) is 37.3 Å². The summed E-state index contributed by atoms with van der Waals surface area (Å²) in [4.78, 5) is 27.7. The fraction of sp³-hybridized carbons (Fsp3) is 0.320. The Kier molecular flexibility index (Phi) is 7.37. The third-order valence-electron chi connectivity index (χ3n) is 5.58. The Bertz CT molecular complexity index is 1180. The van der Waals surface area contributed by atoms with E-state index in [4.69, 9.17) is 21.1 Å². The van der Waals surface area contributed by atoms with Gasteiger partial charge in [-0.3, -0.25) is 14.3 Å². The lowest BCUT2D eigenvalue weighted by atomic mass is 10.2. The van der Waals surface area contributed by atoms with E-state index in [0.29, 0.717) is 55.0 Å². The van der Waals surface area contributed by atoms with Gasteiger partial charge >= 0.3 is 0 Å². The van der Waals surface area contributed by atoms with Crippen LogP contribution in [0, 0.1) is 0 Å². The second-order valence-corrected chi connectivity index (χ2v) is 8.38. The summed E-state index contributed by atoms with van der Waals surface area (Å²) < 4.78 is 12.5. The van der Waals surface area contributed by atoms with Gasteiger partial charge in [0.25, 0.3) is 11.8 Å². The van der Waals surface area contributed by atoms with E-state index in [-0.39, 0.29) is 17.5 Å². The van der Waals surface area contributed by atoms with E-state index >= 15 is 0 Å². The number of nitrogens with one attached hydrogen (secondary N) is 1. The van der Waals surface area contributed by atoms with Crippen LogP contribution in [0.15, 0.2) is 48.5 Å². The van der Waals surface area contributed by atoms with Crippen molar-refractivity contribution in [3.8, 4) is 11.5 Å². The van der Waals surface area contributed by atoms with Crippen LogP contribution in [-0.4, -0.2) is 46.8 Å². The minimum absolute atomic E-state index is 0.143. The average molecular weight is 483 g/mol. The van der Waals surface area contributed by atoms with Gasteiger partial charge in [0.05, 0.1) is 13.7 Å². The van der Waals surface area contributed by atoms with Gasteiger partial charge in [0.15, 0.2) is 17.2 Å². The number of methoxy groups -OCH3 is 1. The molecule has 2 heterocycles. The molecule has 0 saturated heterocycles. The van der Waals surface area contributed by atoms with Gasteiger partial charge in [0.1, 0.15) is 5.69 Å². The molecule has 0 atom stereocenters.